The summed E-state index contributed by atoms with van der Waals surface area (Å²) in [5, 5.41) is 3.49. The number of ether oxygens (including phenoxy) is 1. The SMILES string of the molecule is CCOCCCn1cc(C)nc1NCC(CC)CC. The van der Waals surface area contributed by atoms with E-state index in [-0.39, 0.29) is 0 Å². The minimum absolute atomic E-state index is 0.730. The second kappa shape index (κ2) is 8.97. The molecule has 1 heterocycles. The van der Waals surface area contributed by atoms with Crippen LogP contribution in [0.3, 0.4) is 0 Å². The highest BCUT2D eigenvalue weighted by molar-refractivity contribution is 5.28. The number of hydrogen-bond donors (Lipinski definition) is 1. The van der Waals surface area contributed by atoms with E-state index in [0.717, 1.165) is 50.3 Å². The van der Waals surface area contributed by atoms with E-state index in [1.807, 2.05) is 13.8 Å². The quantitative estimate of drug-likeness (QED) is 0.660. The molecule has 0 saturated carbocycles. The summed E-state index contributed by atoms with van der Waals surface area (Å²) in [5.74, 6) is 1.73. The van der Waals surface area contributed by atoms with Crippen LogP contribution in [0.5, 0.6) is 0 Å². The van der Waals surface area contributed by atoms with E-state index in [4.69, 9.17) is 4.74 Å². The first-order valence-electron chi connectivity index (χ1n) is 7.56. The molecule has 0 aliphatic rings. The van der Waals surface area contributed by atoms with Gasteiger partial charge >= 0.3 is 0 Å². The number of nitrogens with zero attached hydrogens (tertiary/aromatic N) is 2. The van der Waals surface area contributed by atoms with Gasteiger partial charge in [-0.15, -0.1) is 0 Å². The number of hydrogen-bond acceptors (Lipinski definition) is 3. The number of aryl methyl sites for hydroxylation is 2. The average molecular weight is 267 g/mol. The molecule has 0 amide bonds. The van der Waals surface area contributed by atoms with Gasteiger partial charge in [-0.1, -0.05) is 26.7 Å². The van der Waals surface area contributed by atoms with Crippen molar-refractivity contribution in [2.24, 2.45) is 5.92 Å². The van der Waals surface area contributed by atoms with Crippen molar-refractivity contribution in [3.05, 3.63) is 11.9 Å². The van der Waals surface area contributed by atoms with Crippen LogP contribution in [0, 0.1) is 12.8 Å². The van der Waals surface area contributed by atoms with Crippen LogP contribution < -0.4 is 5.32 Å². The number of aromatic nitrogens is 2. The minimum atomic E-state index is 0.730. The molecule has 1 aromatic rings. The lowest BCUT2D eigenvalue weighted by atomic mass is 10.0. The topological polar surface area (TPSA) is 39.1 Å². The van der Waals surface area contributed by atoms with Crippen LogP contribution in [0.1, 0.15) is 45.7 Å². The summed E-state index contributed by atoms with van der Waals surface area (Å²) in [7, 11) is 0. The highest BCUT2D eigenvalue weighted by Gasteiger charge is 2.08. The third-order valence-electron chi connectivity index (χ3n) is 3.49. The highest BCUT2D eigenvalue weighted by atomic mass is 16.5. The Morgan fingerprint density at radius 3 is 2.68 bits per heavy atom. The fourth-order valence-electron chi connectivity index (χ4n) is 2.15. The standard InChI is InChI=1S/C15H29N3O/c1-5-14(6-2)11-16-15-17-13(4)12-18(15)9-8-10-19-7-3/h12,14H,5-11H2,1-4H3,(H,16,17). The molecule has 1 N–H and O–H groups in total. The van der Waals surface area contributed by atoms with Crippen LogP contribution in [0.4, 0.5) is 5.95 Å². The molecule has 1 aromatic heterocycles. The summed E-state index contributed by atoms with van der Waals surface area (Å²) in [6.45, 7) is 12.2. The van der Waals surface area contributed by atoms with Crippen LogP contribution in [0.2, 0.25) is 0 Å². The van der Waals surface area contributed by atoms with Gasteiger partial charge in [-0.25, -0.2) is 4.98 Å². The predicted octanol–water partition coefficient (Wildman–Crippen LogP) is 3.47. The largest absolute Gasteiger partial charge is 0.382 e. The van der Waals surface area contributed by atoms with E-state index in [0.29, 0.717) is 0 Å². The fourth-order valence-corrected chi connectivity index (χ4v) is 2.15. The van der Waals surface area contributed by atoms with Gasteiger partial charge in [0.2, 0.25) is 5.95 Å². The molecule has 4 nitrogen and oxygen atoms in total. The normalized spacial score (nSPS) is 11.2. The molecular formula is C15H29N3O. The van der Waals surface area contributed by atoms with Crippen molar-refractivity contribution in [3.8, 4) is 0 Å². The number of nitrogens with one attached hydrogen (secondary N) is 1. The summed E-state index contributed by atoms with van der Waals surface area (Å²) in [6, 6.07) is 0. The Labute approximate surface area is 117 Å². The lowest BCUT2D eigenvalue weighted by molar-refractivity contribution is 0.142. The fraction of sp³-hybridized carbons (Fsp3) is 0.800. The van der Waals surface area contributed by atoms with Gasteiger partial charge in [0.05, 0.1) is 5.69 Å². The van der Waals surface area contributed by atoms with Gasteiger partial charge in [0.25, 0.3) is 0 Å². The maximum absolute atomic E-state index is 5.38. The third kappa shape index (κ3) is 5.64. The van der Waals surface area contributed by atoms with Crippen LogP contribution in [-0.2, 0) is 11.3 Å². The Morgan fingerprint density at radius 1 is 1.32 bits per heavy atom. The number of rotatable bonds is 10. The van der Waals surface area contributed by atoms with Crippen molar-refractivity contribution >= 4 is 5.95 Å². The molecule has 0 unspecified atom stereocenters. The Hall–Kier alpha value is -1.03. The summed E-state index contributed by atoms with van der Waals surface area (Å²) in [6.07, 6.45) is 5.57. The number of imidazole rings is 1. The molecule has 110 valence electrons. The zero-order chi connectivity index (χ0) is 14.1. The van der Waals surface area contributed by atoms with Crippen LogP contribution in [-0.4, -0.2) is 29.3 Å². The van der Waals surface area contributed by atoms with Crippen molar-refractivity contribution in [2.45, 2.75) is 53.5 Å². The molecule has 0 fully saturated rings. The van der Waals surface area contributed by atoms with Crippen molar-refractivity contribution in [1.29, 1.82) is 0 Å². The summed E-state index contributed by atoms with van der Waals surface area (Å²) in [4.78, 5) is 4.56. The maximum Gasteiger partial charge on any atom is 0.203 e. The molecule has 0 bridgehead atoms. The van der Waals surface area contributed by atoms with Gasteiger partial charge in [0, 0.05) is 32.5 Å². The lowest BCUT2D eigenvalue weighted by Crippen LogP contribution is -2.16. The molecule has 4 heteroatoms. The molecule has 0 spiro atoms. The molecule has 1 rings (SSSR count). The van der Waals surface area contributed by atoms with Gasteiger partial charge in [-0.2, -0.15) is 0 Å². The summed E-state index contributed by atoms with van der Waals surface area (Å²) >= 11 is 0. The van der Waals surface area contributed by atoms with Crippen LogP contribution >= 0.6 is 0 Å². The van der Waals surface area contributed by atoms with Crippen molar-refractivity contribution in [2.75, 3.05) is 25.1 Å². The molecule has 0 atom stereocenters. The van der Waals surface area contributed by atoms with E-state index in [9.17, 15) is 0 Å². The van der Waals surface area contributed by atoms with E-state index < -0.39 is 0 Å². The van der Waals surface area contributed by atoms with Crippen LogP contribution in [0.15, 0.2) is 6.20 Å². The molecule has 0 aliphatic carbocycles. The third-order valence-corrected chi connectivity index (χ3v) is 3.49. The Bertz CT molecular complexity index is 345. The molecule has 0 aliphatic heterocycles. The van der Waals surface area contributed by atoms with Gasteiger partial charge in [0.1, 0.15) is 0 Å². The average Bonchev–Trinajstić information content (AvgIpc) is 2.76. The maximum atomic E-state index is 5.38. The Kier molecular flexibility index (Phi) is 7.56. The monoisotopic (exact) mass is 267 g/mol. The zero-order valence-corrected chi connectivity index (χ0v) is 12.9. The molecule has 0 saturated heterocycles. The Morgan fingerprint density at radius 2 is 2.05 bits per heavy atom. The second-order valence-electron chi connectivity index (χ2n) is 5.01. The summed E-state index contributed by atoms with van der Waals surface area (Å²) < 4.78 is 7.59. The van der Waals surface area contributed by atoms with E-state index in [1.54, 1.807) is 0 Å². The van der Waals surface area contributed by atoms with E-state index >= 15 is 0 Å². The molecule has 19 heavy (non-hydrogen) atoms. The minimum Gasteiger partial charge on any atom is -0.382 e. The first-order valence-corrected chi connectivity index (χ1v) is 7.56. The van der Waals surface area contributed by atoms with Gasteiger partial charge < -0.3 is 14.6 Å². The van der Waals surface area contributed by atoms with Crippen molar-refractivity contribution in [1.82, 2.24) is 9.55 Å². The van der Waals surface area contributed by atoms with Gasteiger partial charge in [-0.3, -0.25) is 0 Å². The van der Waals surface area contributed by atoms with Gasteiger partial charge in [0.15, 0.2) is 0 Å². The molecule has 0 aromatic carbocycles. The summed E-state index contributed by atoms with van der Waals surface area (Å²) in [5.41, 5.74) is 1.07. The van der Waals surface area contributed by atoms with Gasteiger partial charge in [-0.05, 0) is 26.2 Å². The number of anilines is 1. The first kappa shape index (κ1) is 16.0. The predicted molar refractivity (Wildman–Crippen MR) is 80.6 cm³/mol. The second-order valence-corrected chi connectivity index (χ2v) is 5.01. The smallest absolute Gasteiger partial charge is 0.203 e. The van der Waals surface area contributed by atoms with E-state index in [1.165, 1.54) is 12.8 Å². The molecule has 0 radical (unpaired) electrons. The van der Waals surface area contributed by atoms with Crippen LogP contribution in [0.25, 0.3) is 0 Å². The van der Waals surface area contributed by atoms with Crippen molar-refractivity contribution < 1.29 is 4.74 Å². The Balaban J connectivity index is 2.47. The van der Waals surface area contributed by atoms with E-state index in [2.05, 4.69) is 34.9 Å². The van der Waals surface area contributed by atoms with Crippen molar-refractivity contribution in [3.63, 3.8) is 0 Å². The highest BCUT2D eigenvalue weighted by Crippen LogP contribution is 2.13. The zero-order valence-electron chi connectivity index (χ0n) is 12.9. The molecular weight excluding hydrogens is 238 g/mol. The first-order chi connectivity index (χ1) is 9.21. The lowest BCUT2D eigenvalue weighted by Gasteiger charge is -2.15.